The van der Waals surface area contributed by atoms with E-state index >= 15 is 0 Å². The zero-order chi connectivity index (χ0) is 12.3. The molecule has 0 bridgehead atoms. The molecule has 0 saturated heterocycles. The smallest absolute Gasteiger partial charge is 0.320 e. The van der Waals surface area contributed by atoms with E-state index < -0.39 is 12.0 Å². The van der Waals surface area contributed by atoms with Crippen LogP contribution in [-0.4, -0.2) is 31.3 Å². The maximum absolute atomic E-state index is 9.57. The predicted molar refractivity (Wildman–Crippen MR) is 59.8 cm³/mol. The van der Waals surface area contributed by atoms with E-state index in [4.69, 9.17) is 20.3 Å². The van der Waals surface area contributed by atoms with Gasteiger partial charge in [0.2, 0.25) is 0 Å². The van der Waals surface area contributed by atoms with Crippen LogP contribution in [0.25, 0.3) is 11.1 Å². The first-order chi connectivity index (χ1) is 7.52. The first-order valence-corrected chi connectivity index (χ1v) is 4.76. The molecule has 2 aliphatic carbocycles. The van der Waals surface area contributed by atoms with E-state index in [0.717, 1.165) is 11.5 Å². The summed E-state index contributed by atoms with van der Waals surface area (Å²) in [7, 11) is 3.31. The number of carboxylic acids is 1. The molecule has 1 unspecified atom stereocenters. The van der Waals surface area contributed by atoms with Gasteiger partial charge in [0.25, 0.3) is 0 Å². The molecule has 0 aromatic rings. The summed E-state index contributed by atoms with van der Waals surface area (Å²) in [5.74, 6) is 0.815. The highest BCUT2D eigenvalue weighted by atomic mass is 16.5. The van der Waals surface area contributed by atoms with E-state index in [2.05, 4.69) is 0 Å². The molecule has 0 fully saturated rings. The van der Waals surface area contributed by atoms with Crippen molar-refractivity contribution in [3.8, 4) is 22.6 Å². The lowest BCUT2D eigenvalue weighted by Crippen LogP contribution is -2.25. The van der Waals surface area contributed by atoms with Crippen molar-refractivity contribution in [2.24, 2.45) is 5.73 Å². The van der Waals surface area contributed by atoms with Crippen molar-refractivity contribution in [1.82, 2.24) is 0 Å². The van der Waals surface area contributed by atoms with Crippen LogP contribution >= 0.6 is 0 Å². The SMILES string of the molecule is CC(N)C(=O)O.COc1c2ccc-2c1OC. The molecule has 88 valence electrons. The largest absolute Gasteiger partial charge is 0.492 e. The Balaban J connectivity index is 0.000000187. The molecule has 0 spiro atoms. The van der Waals surface area contributed by atoms with Crippen LogP contribution < -0.4 is 15.2 Å². The Morgan fingerprint density at radius 3 is 1.69 bits per heavy atom. The molecule has 2 rings (SSSR count). The summed E-state index contributed by atoms with van der Waals surface area (Å²) in [6, 6.07) is 3.32. The van der Waals surface area contributed by atoms with E-state index in [9.17, 15) is 4.79 Å². The van der Waals surface area contributed by atoms with E-state index in [1.54, 1.807) is 14.2 Å². The molecular formula is C11H15NO4. The van der Waals surface area contributed by atoms with Crippen LogP contribution in [0.1, 0.15) is 6.92 Å². The Hall–Kier alpha value is -1.75. The van der Waals surface area contributed by atoms with Crippen molar-refractivity contribution < 1.29 is 19.4 Å². The van der Waals surface area contributed by atoms with Gasteiger partial charge in [0.15, 0.2) is 11.5 Å². The lowest BCUT2D eigenvalue weighted by atomic mass is 9.90. The summed E-state index contributed by atoms with van der Waals surface area (Å²) >= 11 is 0. The molecule has 5 heteroatoms. The summed E-state index contributed by atoms with van der Waals surface area (Å²) < 4.78 is 10.1. The number of carbonyl (C=O) groups is 1. The average Bonchev–Trinajstić information content (AvgIpc) is 2.21. The van der Waals surface area contributed by atoms with Crippen LogP contribution in [0, 0.1) is 0 Å². The molecule has 0 saturated carbocycles. The van der Waals surface area contributed by atoms with Crippen LogP contribution in [0.3, 0.4) is 0 Å². The van der Waals surface area contributed by atoms with Gasteiger partial charge in [0.1, 0.15) is 6.04 Å². The number of carboxylic acid groups (broad SMARTS) is 1. The van der Waals surface area contributed by atoms with Crippen molar-refractivity contribution in [2.45, 2.75) is 13.0 Å². The van der Waals surface area contributed by atoms with Crippen molar-refractivity contribution >= 4 is 5.97 Å². The van der Waals surface area contributed by atoms with E-state index in [1.165, 1.54) is 18.1 Å². The summed E-state index contributed by atoms with van der Waals surface area (Å²) in [5, 5.41) is 7.87. The third kappa shape index (κ3) is 2.09. The second kappa shape index (κ2) is 4.85. The van der Waals surface area contributed by atoms with E-state index in [0.29, 0.717) is 0 Å². The fourth-order valence-corrected chi connectivity index (χ4v) is 1.23. The van der Waals surface area contributed by atoms with Gasteiger partial charge < -0.3 is 20.3 Å². The predicted octanol–water partition coefficient (Wildman–Crippen LogP) is 1.10. The second-order valence-electron chi connectivity index (χ2n) is 3.35. The highest BCUT2D eigenvalue weighted by Gasteiger charge is 2.27. The van der Waals surface area contributed by atoms with Gasteiger partial charge in [0.05, 0.1) is 14.2 Å². The maximum Gasteiger partial charge on any atom is 0.320 e. The topological polar surface area (TPSA) is 81.8 Å². The lowest BCUT2D eigenvalue weighted by Gasteiger charge is -2.24. The summed E-state index contributed by atoms with van der Waals surface area (Å²) in [4.78, 5) is 9.57. The minimum atomic E-state index is -0.963. The van der Waals surface area contributed by atoms with Gasteiger partial charge in [-0.3, -0.25) is 4.79 Å². The highest BCUT2D eigenvalue weighted by molar-refractivity contribution is 5.93. The highest BCUT2D eigenvalue weighted by Crippen LogP contribution is 2.54. The number of methoxy groups -OCH3 is 2. The molecule has 5 nitrogen and oxygen atoms in total. The maximum atomic E-state index is 9.57. The number of hydrogen-bond acceptors (Lipinski definition) is 4. The number of nitrogens with two attached hydrogens (primary N) is 1. The number of hydrogen-bond donors (Lipinski definition) is 2. The molecular weight excluding hydrogens is 210 g/mol. The summed E-state index contributed by atoms with van der Waals surface area (Å²) in [6.45, 7) is 1.42. The molecule has 1 atom stereocenters. The monoisotopic (exact) mass is 225 g/mol. The summed E-state index contributed by atoms with van der Waals surface area (Å²) in [6.07, 6.45) is 0. The normalized spacial score (nSPS) is 12.0. The number of aliphatic carboxylic acids is 1. The van der Waals surface area contributed by atoms with Gasteiger partial charge >= 0.3 is 5.97 Å². The van der Waals surface area contributed by atoms with Gasteiger partial charge in [-0.15, -0.1) is 0 Å². The van der Waals surface area contributed by atoms with Crippen LogP contribution in [0.5, 0.6) is 11.5 Å². The number of fused-ring (bicyclic) bond motifs is 1. The van der Waals surface area contributed by atoms with Crippen molar-refractivity contribution in [1.29, 1.82) is 0 Å². The quantitative estimate of drug-likeness (QED) is 0.817. The van der Waals surface area contributed by atoms with E-state index in [1.807, 2.05) is 12.1 Å². The molecule has 0 aromatic carbocycles. The fraction of sp³-hybridized carbons (Fsp3) is 0.364. The standard InChI is InChI=1S/C8H8O2.C3H7NO2/c1-9-7-5-3-4-6(5)8(7)10-2;1-2(4)3(5)6/h3-4H,1-2H3;2H,4H2,1H3,(H,5,6). The Morgan fingerprint density at radius 1 is 1.25 bits per heavy atom. The minimum Gasteiger partial charge on any atom is -0.492 e. The zero-order valence-electron chi connectivity index (χ0n) is 9.48. The third-order valence-corrected chi connectivity index (χ3v) is 2.20. The Morgan fingerprint density at radius 2 is 1.56 bits per heavy atom. The first-order valence-electron chi connectivity index (χ1n) is 4.76. The van der Waals surface area contributed by atoms with E-state index in [-0.39, 0.29) is 0 Å². The lowest BCUT2D eigenvalue weighted by molar-refractivity contribution is -0.138. The van der Waals surface area contributed by atoms with Crippen molar-refractivity contribution in [2.75, 3.05) is 14.2 Å². The molecule has 0 heterocycles. The molecule has 0 radical (unpaired) electrons. The Kier molecular flexibility index (Phi) is 3.73. The Labute approximate surface area is 93.8 Å². The molecule has 16 heavy (non-hydrogen) atoms. The molecule has 2 aliphatic rings. The number of rotatable bonds is 3. The van der Waals surface area contributed by atoms with Crippen molar-refractivity contribution in [3.63, 3.8) is 0 Å². The number of benzene rings is 1. The van der Waals surface area contributed by atoms with Crippen LogP contribution in [-0.2, 0) is 4.79 Å². The van der Waals surface area contributed by atoms with Crippen LogP contribution in [0.15, 0.2) is 12.1 Å². The van der Waals surface area contributed by atoms with Crippen LogP contribution in [0.2, 0.25) is 0 Å². The molecule has 0 aliphatic heterocycles. The van der Waals surface area contributed by atoms with Gasteiger partial charge in [-0.05, 0) is 19.1 Å². The minimum absolute atomic E-state index is 0.731. The fourth-order valence-electron chi connectivity index (χ4n) is 1.23. The number of ether oxygens (including phenoxy) is 2. The van der Waals surface area contributed by atoms with Crippen molar-refractivity contribution in [3.05, 3.63) is 12.1 Å². The van der Waals surface area contributed by atoms with Crippen LogP contribution in [0.4, 0.5) is 0 Å². The zero-order valence-corrected chi connectivity index (χ0v) is 9.48. The second-order valence-corrected chi connectivity index (χ2v) is 3.35. The molecule has 0 aromatic heterocycles. The van der Waals surface area contributed by atoms with Gasteiger partial charge in [0, 0.05) is 11.1 Å². The van der Waals surface area contributed by atoms with Gasteiger partial charge in [-0.25, -0.2) is 0 Å². The average molecular weight is 225 g/mol. The Bertz CT molecular complexity index is 372. The third-order valence-electron chi connectivity index (χ3n) is 2.20. The first kappa shape index (κ1) is 12.3. The summed E-state index contributed by atoms with van der Waals surface area (Å²) in [5.41, 5.74) is 7.22. The molecule has 0 amide bonds. The van der Waals surface area contributed by atoms with Gasteiger partial charge in [-0.2, -0.15) is 0 Å². The van der Waals surface area contributed by atoms with Gasteiger partial charge in [-0.1, -0.05) is 0 Å². The molecule has 3 N–H and O–H groups in total.